The molecule has 90 valence electrons. The molecule has 1 aromatic carbocycles. The number of amides is 1. The van der Waals surface area contributed by atoms with E-state index in [-0.39, 0.29) is 17.2 Å². The van der Waals surface area contributed by atoms with Crippen molar-refractivity contribution in [3.63, 3.8) is 0 Å². The molecule has 3 rings (SSSR count). The van der Waals surface area contributed by atoms with E-state index in [2.05, 4.69) is 19.1 Å². The smallest absolute Gasteiger partial charge is 0.224 e. The lowest BCUT2D eigenvalue weighted by Gasteiger charge is -2.21. The first kappa shape index (κ1) is 10.6. The highest BCUT2D eigenvalue weighted by atomic mass is 16.5. The largest absolute Gasteiger partial charge is 0.493 e. The van der Waals surface area contributed by atoms with Crippen molar-refractivity contribution in [1.82, 2.24) is 0 Å². The van der Waals surface area contributed by atoms with Crippen LogP contribution in [0.4, 0.5) is 0 Å². The first-order valence-corrected chi connectivity index (χ1v) is 6.19. The van der Waals surface area contributed by atoms with Gasteiger partial charge in [-0.25, -0.2) is 0 Å². The molecule has 0 radical (unpaired) electrons. The predicted octanol–water partition coefficient (Wildman–Crippen LogP) is 1.99. The molecule has 0 aromatic heterocycles. The summed E-state index contributed by atoms with van der Waals surface area (Å²) in [5.41, 5.74) is 7.71. The average Bonchev–Trinajstić information content (AvgIpc) is 3.00. The molecule has 1 aliphatic carbocycles. The van der Waals surface area contributed by atoms with Crippen LogP contribution in [-0.4, -0.2) is 12.5 Å². The zero-order valence-electron chi connectivity index (χ0n) is 10.0. The zero-order valence-corrected chi connectivity index (χ0v) is 10.0. The van der Waals surface area contributed by atoms with Crippen molar-refractivity contribution >= 4 is 5.91 Å². The Morgan fingerprint density at radius 3 is 2.88 bits per heavy atom. The van der Waals surface area contributed by atoms with Crippen molar-refractivity contribution < 1.29 is 9.53 Å². The van der Waals surface area contributed by atoms with E-state index in [0.717, 1.165) is 31.6 Å². The second kappa shape index (κ2) is 3.49. The Hall–Kier alpha value is -1.51. The highest BCUT2D eigenvalue weighted by Crippen LogP contribution is 2.56. The fourth-order valence-electron chi connectivity index (χ4n) is 2.82. The molecule has 1 fully saturated rings. The van der Waals surface area contributed by atoms with Crippen LogP contribution in [0.5, 0.6) is 5.75 Å². The summed E-state index contributed by atoms with van der Waals surface area (Å²) in [7, 11) is 0. The molecule has 1 saturated carbocycles. The molecule has 1 amide bonds. The van der Waals surface area contributed by atoms with Crippen molar-refractivity contribution in [3.05, 3.63) is 29.3 Å². The molecule has 1 atom stereocenters. The third-order valence-corrected chi connectivity index (χ3v) is 4.32. The Balaban J connectivity index is 1.92. The minimum absolute atomic E-state index is 0.151. The van der Waals surface area contributed by atoms with Crippen LogP contribution in [0.25, 0.3) is 0 Å². The maximum absolute atomic E-state index is 11.5. The third kappa shape index (κ3) is 1.53. The number of rotatable bonds is 3. The number of nitrogens with two attached hydrogens (primary N) is 1. The van der Waals surface area contributed by atoms with Crippen LogP contribution in [0.15, 0.2) is 18.2 Å². The van der Waals surface area contributed by atoms with Gasteiger partial charge in [-0.2, -0.15) is 0 Å². The number of hydrogen-bond donors (Lipinski definition) is 1. The maximum atomic E-state index is 11.5. The van der Waals surface area contributed by atoms with E-state index in [1.54, 1.807) is 0 Å². The van der Waals surface area contributed by atoms with Crippen molar-refractivity contribution in [2.75, 3.05) is 6.61 Å². The molecule has 1 aliphatic heterocycles. The lowest BCUT2D eigenvalue weighted by atomic mass is 9.83. The molecule has 2 N–H and O–H groups in total. The molecule has 3 nitrogen and oxygen atoms in total. The second-order valence-corrected chi connectivity index (χ2v) is 5.21. The molecule has 1 aromatic rings. The van der Waals surface area contributed by atoms with E-state index in [1.807, 2.05) is 6.07 Å². The fraction of sp³-hybridized carbons (Fsp3) is 0.500. The van der Waals surface area contributed by atoms with Gasteiger partial charge in [0.1, 0.15) is 5.75 Å². The quantitative estimate of drug-likeness (QED) is 0.865. The lowest BCUT2D eigenvalue weighted by molar-refractivity contribution is -0.123. The van der Waals surface area contributed by atoms with E-state index in [9.17, 15) is 4.79 Å². The number of primary amides is 1. The molecule has 0 saturated heterocycles. The molecule has 3 heteroatoms. The second-order valence-electron chi connectivity index (χ2n) is 5.21. The van der Waals surface area contributed by atoms with E-state index >= 15 is 0 Å². The van der Waals surface area contributed by atoms with Crippen molar-refractivity contribution in [2.45, 2.75) is 32.1 Å². The van der Waals surface area contributed by atoms with Gasteiger partial charge in [0.25, 0.3) is 0 Å². The lowest BCUT2D eigenvalue weighted by Crippen LogP contribution is -2.29. The number of carbonyl (C=O) groups excluding carboxylic acids is 1. The van der Waals surface area contributed by atoms with Gasteiger partial charge in [0.05, 0.1) is 12.0 Å². The van der Waals surface area contributed by atoms with Crippen LogP contribution >= 0.6 is 0 Å². The van der Waals surface area contributed by atoms with Gasteiger partial charge < -0.3 is 10.5 Å². The van der Waals surface area contributed by atoms with Gasteiger partial charge in [0.15, 0.2) is 0 Å². The maximum Gasteiger partial charge on any atom is 0.224 e. The van der Waals surface area contributed by atoms with Gasteiger partial charge in [0.2, 0.25) is 5.91 Å². The number of carbonyl (C=O) groups is 1. The molecule has 0 bridgehead atoms. The van der Waals surface area contributed by atoms with Crippen LogP contribution in [0.3, 0.4) is 0 Å². The Kier molecular flexibility index (Phi) is 2.18. The minimum Gasteiger partial charge on any atom is -0.493 e. The first-order valence-electron chi connectivity index (χ1n) is 6.19. The number of fused-ring (bicyclic) bond motifs is 1. The van der Waals surface area contributed by atoms with Crippen molar-refractivity contribution in [3.8, 4) is 5.75 Å². The average molecular weight is 231 g/mol. The minimum atomic E-state index is -0.284. The Morgan fingerprint density at radius 1 is 1.47 bits per heavy atom. The molecule has 1 heterocycles. The Bertz CT molecular complexity index is 477. The highest BCUT2D eigenvalue weighted by molar-refractivity contribution is 5.84. The van der Waals surface area contributed by atoms with Gasteiger partial charge in [0, 0.05) is 6.42 Å². The highest BCUT2D eigenvalue weighted by Gasteiger charge is 2.53. The van der Waals surface area contributed by atoms with Crippen LogP contribution in [0.1, 0.15) is 36.8 Å². The topological polar surface area (TPSA) is 52.3 Å². The number of ether oxygens (including phenoxy) is 1. The van der Waals surface area contributed by atoms with Gasteiger partial charge >= 0.3 is 0 Å². The van der Waals surface area contributed by atoms with Crippen LogP contribution in [0.2, 0.25) is 0 Å². The summed E-state index contributed by atoms with van der Waals surface area (Å²) in [6.45, 7) is 2.88. The Morgan fingerprint density at radius 2 is 2.24 bits per heavy atom. The van der Waals surface area contributed by atoms with Crippen LogP contribution in [0, 0.1) is 5.41 Å². The summed E-state index contributed by atoms with van der Waals surface area (Å²) in [6, 6.07) is 6.26. The molecular formula is C14H17NO2. The van der Waals surface area contributed by atoms with E-state index in [4.69, 9.17) is 10.5 Å². The number of hydrogen-bond acceptors (Lipinski definition) is 2. The van der Waals surface area contributed by atoms with Gasteiger partial charge in [-0.05, 0) is 36.0 Å². The summed E-state index contributed by atoms with van der Waals surface area (Å²) in [6.07, 6.45) is 2.83. The summed E-state index contributed by atoms with van der Waals surface area (Å²) in [4.78, 5) is 11.5. The third-order valence-electron chi connectivity index (χ3n) is 4.32. The molecule has 0 unspecified atom stereocenters. The van der Waals surface area contributed by atoms with Crippen LogP contribution < -0.4 is 10.5 Å². The SMILES string of the molecule is C[C@H](c1ccc2c(c1)CCO2)C1(C(N)=O)CC1. The molecular weight excluding hydrogens is 214 g/mol. The predicted molar refractivity (Wildman–Crippen MR) is 64.9 cm³/mol. The van der Waals surface area contributed by atoms with E-state index in [1.165, 1.54) is 11.1 Å². The first-order chi connectivity index (χ1) is 8.13. The summed E-state index contributed by atoms with van der Waals surface area (Å²) < 4.78 is 5.49. The van der Waals surface area contributed by atoms with Crippen LogP contribution in [-0.2, 0) is 11.2 Å². The summed E-state index contributed by atoms with van der Waals surface area (Å²) >= 11 is 0. The van der Waals surface area contributed by atoms with E-state index < -0.39 is 0 Å². The molecule has 0 spiro atoms. The Labute approximate surface area is 101 Å². The normalized spacial score (nSPS) is 21.5. The fourth-order valence-corrected chi connectivity index (χ4v) is 2.82. The van der Waals surface area contributed by atoms with Gasteiger partial charge in [-0.3, -0.25) is 4.79 Å². The standard InChI is InChI=1S/C14H17NO2/c1-9(14(5-6-14)13(15)16)10-2-3-12-11(8-10)4-7-17-12/h2-3,8-9H,4-7H2,1H3,(H2,15,16)/t9-/m1/s1. The van der Waals surface area contributed by atoms with Crippen molar-refractivity contribution in [2.24, 2.45) is 11.1 Å². The zero-order chi connectivity index (χ0) is 12.0. The van der Waals surface area contributed by atoms with E-state index in [0.29, 0.717) is 0 Å². The number of benzene rings is 1. The van der Waals surface area contributed by atoms with Gasteiger partial charge in [-0.1, -0.05) is 19.1 Å². The summed E-state index contributed by atoms with van der Waals surface area (Å²) in [5.74, 6) is 1.05. The van der Waals surface area contributed by atoms with Gasteiger partial charge in [-0.15, -0.1) is 0 Å². The summed E-state index contributed by atoms with van der Waals surface area (Å²) in [5, 5.41) is 0. The molecule has 2 aliphatic rings. The monoisotopic (exact) mass is 231 g/mol. The van der Waals surface area contributed by atoms with Crippen molar-refractivity contribution in [1.29, 1.82) is 0 Å². The molecule has 17 heavy (non-hydrogen) atoms.